The maximum Gasteiger partial charge on any atom is 0.311 e. The minimum Gasteiger partial charge on any atom is -0.465 e. The van der Waals surface area contributed by atoms with Gasteiger partial charge in [0.15, 0.2) is 0 Å². The van der Waals surface area contributed by atoms with E-state index in [9.17, 15) is 14.7 Å². The van der Waals surface area contributed by atoms with Crippen molar-refractivity contribution in [2.24, 2.45) is 10.8 Å². The molecule has 286 valence electrons. The van der Waals surface area contributed by atoms with E-state index in [0.29, 0.717) is 13.2 Å². The van der Waals surface area contributed by atoms with Crippen molar-refractivity contribution in [3.05, 3.63) is 0 Å². The van der Waals surface area contributed by atoms with Gasteiger partial charge in [0, 0.05) is 6.61 Å². The molecular weight excluding hydrogens is 598 g/mol. The van der Waals surface area contributed by atoms with Crippen LogP contribution in [0.25, 0.3) is 0 Å². The molecule has 0 fully saturated rings. The third-order valence-corrected chi connectivity index (χ3v) is 10.0. The molecular formula is C42H83NO5. The fraction of sp³-hybridized carbons (Fsp3) is 0.952. The molecule has 0 aliphatic rings. The summed E-state index contributed by atoms with van der Waals surface area (Å²) in [5.74, 6) is -0.0924. The van der Waals surface area contributed by atoms with Crippen LogP contribution in [0, 0.1) is 10.8 Å². The van der Waals surface area contributed by atoms with Gasteiger partial charge in [-0.2, -0.15) is 0 Å². The number of rotatable bonds is 36. The van der Waals surface area contributed by atoms with E-state index < -0.39 is 10.8 Å². The minimum absolute atomic E-state index is 0.0428. The van der Waals surface area contributed by atoms with E-state index in [0.717, 1.165) is 110 Å². The molecule has 6 heteroatoms. The predicted molar refractivity (Wildman–Crippen MR) is 204 cm³/mol. The molecule has 0 aromatic rings. The smallest absolute Gasteiger partial charge is 0.311 e. The van der Waals surface area contributed by atoms with Crippen LogP contribution in [0.2, 0.25) is 0 Å². The molecule has 6 nitrogen and oxygen atoms in total. The van der Waals surface area contributed by atoms with Crippen LogP contribution >= 0.6 is 0 Å². The molecule has 0 unspecified atom stereocenters. The van der Waals surface area contributed by atoms with Crippen LogP contribution in [0.3, 0.4) is 0 Å². The lowest BCUT2D eigenvalue weighted by Crippen LogP contribution is -2.29. The van der Waals surface area contributed by atoms with Gasteiger partial charge in [-0.25, -0.2) is 0 Å². The third-order valence-electron chi connectivity index (χ3n) is 10.0. The molecule has 0 spiro atoms. The fourth-order valence-electron chi connectivity index (χ4n) is 6.34. The Hall–Kier alpha value is -1.14. The zero-order valence-corrected chi connectivity index (χ0v) is 33.2. The Morgan fingerprint density at radius 2 is 0.771 bits per heavy atom. The Morgan fingerprint density at radius 1 is 0.458 bits per heavy atom. The molecule has 0 saturated carbocycles. The number of esters is 2. The van der Waals surface area contributed by atoms with Crippen molar-refractivity contribution >= 4 is 11.9 Å². The second-order valence-electron chi connectivity index (χ2n) is 15.9. The summed E-state index contributed by atoms with van der Waals surface area (Å²) in [6.45, 7) is 17.1. The first-order valence-corrected chi connectivity index (χ1v) is 20.8. The van der Waals surface area contributed by atoms with Crippen molar-refractivity contribution in [3.8, 4) is 0 Å². The molecule has 0 atom stereocenters. The number of ether oxygens (including phenoxy) is 2. The highest BCUT2D eigenvalue weighted by atomic mass is 16.5. The second kappa shape index (κ2) is 31.8. The normalized spacial score (nSPS) is 12.2. The monoisotopic (exact) mass is 682 g/mol. The average Bonchev–Trinajstić information content (AvgIpc) is 3.06. The topological polar surface area (TPSA) is 76.1 Å². The summed E-state index contributed by atoms with van der Waals surface area (Å²) in [5, 5.41) is 9.28. The number of aliphatic hydroxyl groups excluding tert-OH is 1. The SMILES string of the molecule is CCCCCCCCCCCOC(=O)C(C)(C)CCCCN(CCCCO)CCCCCCC(C)(C)C(=O)OCCCCCCCCC. The number of nitrogens with zero attached hydrogens (tertiary/aromatic N) is 1. The summed E-state index contributed by atoms with van der Waals surface area (Å²) >= 11 is 0. The Bertz CT molecular complexity index is 738. The van der Waals surface area contributed by atoms with Gasteiger partial charge in [0.1, 0.15) is 0 Å². The maximum absolute atomic E-state index is 12.8. The lowest BCUT2D eigenvalue weighted by atomic mass is 9.87. The van der Waals surface area contributed by atoms with Crippen molar-refractivity contribution in [2.45, 2.75) is 208 Å². The molecule has 1 N–H and O–H groups in total. The van der Waals surface area contributed by atoms with Crippen molar-refractivity contribution in [3.63, 3.8) is 0 Å². The van der Waals surface area contributed by atoms with Crippen molar-refractivity contribution in [2.75, 3.05) is 39.5 Å². The molecule has 0 aromatic heterocycles. The predicted octanol–water partition coefficient (Wildman–Crippen LogP) is 11.6. The summed E-state index contributed by atoms with van der Waals surface area (Å²) in [5.41, 5.74) is -0.847. The number of carbonyl (C=O) groups excluding carboxylic acids is 2. The molecule has 0 aromatic carbocycles. The highest BCUT2D eigenvalue weighted by Crippen LogP contribution is 2.27. The first-order chi connectivity index (χ1) is 23.1. The van der Waals surface area contributed by atoms with E-state index in [4.69, 9.17) is 9.47 Å². The first kappa shape index (κ1) is 46.9. The number of carbonyl (C=O) groups is 2. The van der Waals surface area contributed by atoms with Crippen molar-refractivity contribution in [1.29, 1.82) is 0 Å². The van der Waals surface area contributed by atoms with Gasteiger partial charge in [-0.1, -0.05) is 129 Å². The van der Waals surface area contributed by atoms with Gasteiger partial charge in [-0.15, -0.1) is 0 Å². The molecule has 0 amide bonds. The molecule has 0 rings (SSSR count). The Balaban J connectivity index is 4.17. The summed E-state index contributed by atoms with van der Waals surface area (Å²) in [4.78, 5) is 27.9. The average molecular weight is 682 g/mol. The van der Waals surface area contributed by atoms with Crippen LogP contribution in [0.15, 0.2) is 0 Å². The number of hydrogen-bond donors (Lipinski definition) is 1. The first-order valence-electron chi connectivity index (χ1n) is 20.8. The number of unbranched alkanes of at least 4 members (excludes halogenated alkanes) is 19. The largest absolute Gasteiger partial charge is 0.465 e. The van der Waals surface area contributed by atoms with E-state index in [1.54, 1.807) is 0 Å². The number of aliphatic hydroxyl groups is 1. The van der Waals surface area contributed by atoms with Gasteiger partial charge in [-0.05, 0) is 98.7 Å². The van der Waals surface area contributed by atoms with Gasteiger partial charge in [0.2, 0.25) is 0 Å². The van der Waals surface area contributed by atoms with Gasteiger partial charge in [0.25, 0.3) is 0 Å². The zero-order valence-electron chi connectivity index (χ0n) is 33.2. The van der Waals surface area contributed by atoms with E-state index in [1.165, 1.54) is 77.0 Å². The minimum atomic E-state index is -0.435. The van der Waals surface area contributed by atoms with Crippen LogP contribution in [-0.2, 0) is 19.1 Å². The molecule has 0 aliphatic heterocycles. The van der Waals surface area contributed by atoms with Crippen LogP contribution in [0.1, 0.15) is 208 Å². The zero-order chi connectivity index (χ0) is 35.8. The molecule has 0 saturated heterocycles. The van der Waals surface area contributed by atoms with E-state index >= 15 is 0 Å². The summed E-state index contributed by atoms with van der Waals surface area (Å²) in [7, 11) is 0. The second-order valence-corrected chi connectivity index (χ2v) is 15.9. The Kier molecular flexibility index (Phi) is 31.1. The van der Waals surface area contributed by atoms with Crippen molar-refractivity contribution in [1.82, 2.24) is 4.90 Å². The Morgan fingerprint density at radius 3 is 1.19 bits per heavy atom. The molecule has 48 heavy (non-hydrogen) atoms. The van der Waals surface area contributed by atoms with Gasteiger partial charge in [-0.3, -0.25) is 9.59 Å². The third kappa shape index (κ3) is 27.7. The standard InChI is InChI=1S/C42H83NO5/c1-7-9-11-13-15-16-18-22-30-38-48-40(46)42(5,6)32-24-26-34-43(35-27-28-36-44)33-25-20-19-23-31-41(3,4)39(45)47-37-29-21-17-14-12-10-8-2/h44H,7-38H2,1-6H3. The van der Waals surface area contributed by atoms with Crippen molar-refractivity contribution < 1.29 is 24.2 Å². The fourth-order valence-corrected chi connectivity index (χ4v) is 6.34. The lowest BCUT2D eigenvalue weighted by molar-refractivity contribution is -0.155. The van der Waals surface area contributed by atoms with E-state index in [-0.39, 0.29) is 18.5 Å². The van der Waals surface area contributed by atoms with Gasteiger partial charge in [0.05, 0.1) is 24.0 Å². The summed E-state index contributed by atoms with van der Waals surface area (Å²) in [6, 6.07) is 0. The molecule has 0 heterocycles. The van der Waals surface area contributed by atoms with Crippen LogP contribution in [0.4, 0.5) is 0 Å². The van der Waals surface area contributed by atoms with E-state index in [1.807, 2.05) is 27.7 Å². The highest BCUT2D eigenvalue weighted by molar-refractivity contribution is 5.76. The highest BCUT2D eigenvalue weighted by Gasteiger charge is 2.29. The van der Waals surface area contributed by atoms with Gasteiger partial charge >= 0.3 is 11.9 Å². The van der Waals surface area contributed by atoms with E-state index in [2.05, 4.69) is 18.7 Å². The molecule has 0 radical (unpaired) electrons. The summed E-state index contributed by atoms with van der Waals surface area (Å²) in [6.07, 6.45) is 30.2. The van der Waals surface area contributed by atoms with Crippen LogP contribution in [-0.4, -0.2) is 61.4 Å². The van der Waals surface area contributed by atoms with Gasteiger partial charge < -0.3 is 19.5 Å². The Labute approximate surface area is 299 Å². The maximum atomic E-state index is 12.8. The molecule has 0 bridgehead atoms. The van der Waals surface area contributed by atoms with Crippen LogP contribution in [0.5, 0.6) is 0 Å². The lowest BCUT2D eigenvalue weighted by Gasteiger charge is -2.25. The quantitative estimate of drug-likeness (QED) is 0.0524. The number of hydrogen-bond acceptors (Lipinski definition) is 6. The summed E-state index contributed by atoms with van der Waals surface area (Å²) < 4.78 is 11.3. The molecule has 0 aliphatic carbocycles. The van der Waals surface area contributed by atoms with Crippen LogP contribution < -0.4 is 0 Å².